The van der Waals surface area contributed by atoms with Gasteiger partial charge in [0, 0.05) is 86.7 Å². The highest BCUT2D eigenvalue weighted by atomic mass is 32.2. The average Bonchev–Trinajstić information content (AvgIpc) is 1.62. The minimum absolute atomic E-state index is 0.0613. The Balaban J connectivity index is 0.000000173. The van der Waals surface area contributed by atoms with Crippen molar-refractivity contribution in [3.05, 3.63) is 193 Å². The molecule has 22 heteroatoms. The smallest absolute Gasteiger partial charge is 0.269 e. The Morgan fingerprint density at radius 3 is 1.33 bits per heavy atom. The Morgan fingerprint density at radius 2 is 0.916 bits per heavy atom. The molecule has 14 rings (SSSR count). The first-order valence-electron chi connectivity index (χ1n) is 31.7. The van der Waals surface area contributed by atoms with Gasteiger partial charge in [0.1, 0.15) is 42.3 Å². The van der Waals surface area contributed by atoms with Crippen molar-refractivity contribution in [1.29, 1.82) is 15.8 Å². The highest BCUT2D eigenvalue weighted by Gasteiger charge is 2.30. The molecule has 1 amide bonds. The first-order valence-corrected chi connectivity index (χ1v) is 34.5. The van der Waals surface area contributed by atoms with Gasteiger partial charge in [-0.05, 0) is 156 Å². The Bertz CT molecular complexity index is 4810. The van der Waals surface area contributed by atoms with Crippen LogP contribution in [-0.2, 0) is 34.3 Å². The lowest BCUT2D eigenvalue weighted by Crippen LogP contribution is -2.41. The van der Waals surface area contributed by atoms with Gasteiger partial charge in [0.15, 0.2) is 11.3 Å². The van der Waals surface area contributed by atoms with Crippen LogP contribution < -0.4 is 24.6 Å². The van der Waals surface area contributed by atoms with E-state index in [1.54, 1.807) is 90.1 Å². The SMILES string of the molecule is N#CCC(=O)N1CCC(Oc2ccc(-c3ccnc4c3cc(-c3ccc(N5CCOCC5)cc3)n4S(=O)(=O)c3ccccc3)cc2C#N)CC1.N#Cc1cc(-c2ccnc3c2cc(-c2ccc(N4CCOCC4)cc2)n3S(=O)(=O)c2ccccc2)ccc1OC1CCNCC1. The zero-order valence-corrected chi connectivity index (χ0v) is 53.6. The second-order valence-corrected chi connectivity index (χ2v) is 27.0. The first-order chi connectivity index (χ1) is 46.4. The lowest BCUT2D eigenvalue weighted by atomic mass is 10.0. The molecular formula is C73H67N11O9S2. The van der Waals surface area contributed by atoms with Crippen LogP contribution in [0.5, 0.6) is 11.5 Å². The summed E-state index contributed by atoms with van der Waals surface area (Å²) in [4.78, 5) is 27.8. The number of piperidine rings is 2. The Hall–Kier alpha value is -10.4. The molecule has 1 N–H and O–H groups in total. The lowest BCUT2D eigenvalue weighted by Gasteiger charge is -2.32. The van der Waals surface area contributed by atoms with Gasteiger partial charge in [-0.3, -0.25) is 4.79 Å². The van der Waals surface area contributed by atoms with Crippen LogP contribution in [0, 0.1) is 34.0 Å². The van der Waals surface area contributed by atoms with E-state index in [0.29, 0.717) is 114 Å². The number of nitrogens with one attached hydrogen (secondary N) is 1. The third kappa shape index (κ3) is 13.3. The van der Waals surface area contributed by atoms with E-state index >= 15 is 0 Å². The van der Waals surface area contributed by atoms with Crippen LogP contribution in [0.4, 0.5) is 11.4 Å². The molecule has 4 aliphatic heterocycles. The van der Waals surface area contributed by atoms with Crippen LogP contribution in [0.1, 0.15) is 43.2 Å². The van der Waals surface area contributed by atoms with Crippen molar-refractivity contribution in [3.63, 3.8) is 0 Å². The number of nitrogens with zero attached hydrogens (tertiary/aromatic N) is 10. The number of aromatic nitrogens is 4. The topological polar surface area (TPSA) is 251 Å². The number of hydrogen-bond acceptors (Lipinski definition) is 17. The molecule has 95 heavy (non-hydrogen) atoms. The maximum atomic E-state index is 14.3. The number of anilines is 2. The van der Waals surface area contributed by atoms with Crippen LogP contribution in [0.3, 0.4) is 0 Å². The highest BCUT2D eigenvalue weighted by molar-refractivity contribution is 7.90. The normalized spacial score (nSPS) is 15.7. The summed E-state index contributed by atoms with van der Waals surface area (Å²) in [5.41, 5.74) is 8.89. The van der Waals surface area contributed by atoms with E-state index in [4.69, 9.17) is 24.2 Å². The van der Waals surface area contributed by atoms with E-state index in [9.17, 15) is 32.2 Å². The van der Waals surface area contributed by atoms with Crippen molar-refractivity contribution in [2.24, 2.45) is 0 Å². The number of pyridine rings is 2. The summed E-state index contributed by atoms with van der Waals surface area (Å²) in [7, 11) is -8.08. The van der Waals surface area contributed by atoms with Crippen LogP contribution in [-0.4, -0.2) is 137 Å². The fourth-order valence-electron chi connectivity index (χ4n) is 12.7. The molecule has 480 valence electrons. The van der Waals surface area contributed by atoms with Crippen molar-refractivity contribution >= 4 is 59.4 Å². The van der Waals surface area contributed by atoms with Crippen molar-refractivity contribution in [1.82, 2.24) is 28.1 Å². The Kier molecular flexibility index (Phi) is 18.7. The third-order valence-corrected chi connectivity index (χ3v) is 21.1. The first kappa shape index (κ1) is 63.4. The molecule has 6 aromatic carbocycles. The largest absolute Gasteiger partial charge is 0.489 e. The predicted molar refractivity (Wildman–Crippen MR) is 362 cm³/mol. The second-order valence-electron chi connectivity index (χ2n) is 23.5. The minimum Gasteiger partial charge on any atom is -0.489 e. The van der Waals surface area contributed by atoms with E-state index in [1.165, 1.54) is 7.94 Å². The van der Waals surface area contributed by atoms with E-state index in [1.807, 2.05) is 103 Å². The third-order valence-electron chi connectivity index (χ3n) is 17.7. The monoisotopic (exact) mass is 1310 g/mol. The highest BCUT2D eigenvalue weighted by Crippen LogP contribution is 2.41. The van der Waals surface area contributed by atoms with Gasteiger partial charge in [-0.1, -0.05) is 72.8 Å². The number of benzene rings is 6. The van der Waals surface area contributed by atoms with E-state index < -0.39 is 20.0 Å². The molecule has 0 radical (unpaired) electrons. The molecule has 0 bridgehead atoms. The maximum absolute atomic E-state index is 14.3. The average molecular weight is 1310 g/mol. The molecule has 4 aromatic heterocycles. The molecule has 0 spiro atoms. The number of carbonyl (C=O) groups excluding carboxylic acids is 1. The summed E-state index contributed by atoms with van der Waals surface area (Å²) in [6.07, 6.45) is 5.89. The van der Waals surface area contributed by atoms with Gasteiger partial charge in [0.05, 0.1) is 64.8 Å². The van der Waals surface area contributed by atoms with Gasteiger partial charge < -0.3 is 39.0 Å². The molecule has 4 aliphatic rings. The number of amides is 1. The van der Waals surface area contributed by atoms with E-state index in [0.717, 1.165) is 85.7 Å². The van der Waals surface area contributed by atoms with Gasteiger partial charge in [0.25, 0.3) is 20.0 Å². The number of rotatable bonds is 15. The van der Waals surface area contributed by atoms with Crippen molar-refractivity contribution in [2.45, 2.75) is 54.1 Å². The summed E-state index contributed by atoms with van der Waals surface area (Å²) < 4.78 is 83.2. The molecule has 0 saturated carbocycles. The van der Waals surface area contributed by atoms with Gasteiger partial charge >= 0.3 is 0 Å². The Labute approximate surface area is 551 Å². The van der Waals surface area contributed by atoms with Crippen LogP contribution in [0.25, 0.3) is 66.8 Å². The minimum atomic E-state index is -4.06. The number of carbonyl (C=O) groups is 1. The summed E-state index contributed by atoms with van der Waals surface area (Å²) in [6, 6.07) is 57.3. The quantitative estimate of drug-likeness (QED) is 0.100. The van der Waals surface area contributed by atoms with Crippen molar-refractivity contribution in [3.8, 4) is 74.5 Å². The molecule has 0 unspecified atom stereocenters. The summed E-state index contributed by atoms with van der Waals surface area (Å²) in [6.45, 7) is 8.61. The second kappa shape index (κ2) is 28.1. The summed E-state index contributed by atoms with van der Waals surface area (Å²) >= 11 is 0. The van der Waals surface area contributed by atoms with Gasteiger partial charge in [-0.2, -0.15) is 15.8 Å². The molecule has 4 saturated heterocycles. The van der Waals surface area contributed by atoms with Crippen LogP contribution in [0.2, 0.25) is 0 Å². The van der Waals surface area contributed by atoms with Gasteiger partial charge in [-0.15, -0.1) is 0 Å². The van der Waals surface area contributed by atoms with Crippen LogP contribution in [0.15, 0.2) is 192 Å². The summed E-state index contributed by atoms with van der Waals surface area (Å²) in [5, 5.41) is 33.6. The zero-order chi connectivity index (χ0) is 65.5. The number of fused-ring (bicyclic) bond motifs is 2. The number of likely N-dealkylation sites (tertiary alicyclic amines) is 1. The fraction of sp³-hybridized carbons (Fsp3) is 0.260. The molecule has 0 aliphatic carbocycles. The standard InChI is InChI=1S/C38H34N6O5S.C35H33N5O4S/c39-16-12-37(45)43-18-14-31(15-19-43)49-36-11-8-28(24-29(36)26-40)33-13-17-41-38-34(33)25-35(44(38)50(46,47)32-4-2-1-3-5-32)27-6-9-30(10-7-27)42-20-22-48-23-21-42;36-24-27-22-26(8-11-34(27)44-29-12-15-37-16-13-29)31-14-17-38-35-32(31)23-33(40(35)45(41,42)30-4-2-1-3-5-30)25-6-9-28(10-7-25)39-18-20-43-21-19-39/h1-11,13,17,24-25,31H,12,14-15,18-23H2;1-11,14,17,22-23,29,37H,12-13,15-16,18-21H2. The van der Waals surface area contributed by atoms with Gasteiger partial charge in [-0.25, -0.2) is 34.7 Å². The zero-order valence-electron chi connectivity index (χ0n) is 52.0. The molecule has 0 atom stereocenters. The fourth-order valence-corrected chi connectivity index (χ4v) is 15.7. The molecule has 4 fully saturated rings. The lowest BCUT2D eigenvalue weighted by molar-refractivity contribution is -0.131. The molecular weight excluding hydrogens is 1240 g/mol. The molecule has 20 nitrogen and oxygen atoms in total. The summed E-state index contributed by atoms with van der Waals surface area (Å²) in [5.74, 6) is 0.813. The number of morpholine rings is 2. The number of ether oxygens (including phenoxy) is 4. The number of nitriles is 3. The number of hydrogen-bond donors (Lipinski definition) is 1. The van der Waals surface area contributed by atoms with E-state index in [-0.39, 0.29) is 40.0 Å². The van der Waals surface area contributed by atoms with Gasteiger partial charge in [0.2, 0.25) is 5.91 Å². The molecule has 10 aromatic rings. The van der Waals surface area contributed by atoms with Crippen LogP contribution >= 0.6 is 0 Å². The molecule has 8 heterocycles. The van der Waals surface area contributed by atoms with Crippen molar-refractivity contribution < 1.29 is 40.6 Å². The van der Waals surface area contributed by atoms with Crippen molar-refractivity contribution in [2.75, 3.05) is 88.6 Å². The Morgan fingerprint density at radius 1 is 0.505 bits per heavy atom. The maximum Gasteiger partial charge on any atom is 0.269 e. The van der Waals surface area contributed by atoms with E-state index in [2.05, 4.69) is 37.2 Å². The predicted octanol–water partition coefficient (Wildman–Crippen LogP) is 11.0.